The Kier molecular flexibility index (Phi) is 4.78. The van der Waals surface area contributed by atoms with E-state index in [0.717, 1.165) is 18.4 Å². The van der Waals surface area contributed by atoms with Crippen molar-refractivity contribution in [2.45, 2.75) is 5.60 Å². The zero-order valence-corrected chi connectivity index (χ0v) is 13.8. The maximum absolute atomic E-state index is 14.4. The van der Waals surface area contributed by atoms with Gasteiger partial charge in [0.25, 0.3) is 5.91 Å². The first-order valence-corrected chi connectivity index (χ1v) is 8.78. The molecule has 0 spiro atoms. The molecule has 0 heterocycles. The molecule has 4 N–H and O–H groups in total. The van der Waals surface area contributed by atoms with Gasteiger partial charge in [-0.3, -0.25) is 9.52 Å². The molecule has 1 unspecified atom stereocenters. The second-order valence-electron chi connectivity index (χ2n) is 5.31. The van der Waals surface area contributed by atoms with Crippen LogP contribution in [-0.2, 0) is 20.4 Å². The Morgan fingerprint density at radius 3 is 2.36 bits per heavy atom. The van der Waals surface area contributed by atoms with E-state index in [0.29, 0.717) is 0 Å². The summed E-state index contributed by atoms with van der Waals surface area (Å²) in [5.74, 6) is -2.30. The molecule has 2 aromatic carbocycles. The maximum Gasteiger partial charge on any atom is 0.258 e. The molecule has 9 heteroatoms. The minimum Gasteiger partial charge on any atom is -0.372 e. The quantitative estimate of drug-likeness (QED) is 0.722. The van der Waals surface area contributed by atoms with E-state index >= 15 is 0 Å². The summed E-state index contributed by atoms with van der Waals surface area (Å²) in [6.07, 6.45) is 0.797. The Bertz CT molecular complexity index is 971. The fourth-order valence-corrected chi connectivity index (χ4v) is 2.90. The van der Waals surface area contributed by atoms with Gasteiger partial charge in [-0.2, -0.15) is 5.26 Å². The topological polar surface area (TPSA) is 133 Å². The monoisotopic (exact) mass is 363 g/mol. The Morgan fingerprint density at radius 1 is 1.28 bits per heavy atom. The highest BCUT2D eigenvalue weighted by Gasteiger charge is 2.39. The van der Waals surface area contributed by atoms with Crippen molar-refractivity contribution in [1.29, 1.82) is 5.26 Å². The van der Waals surface area contributed by atoms with Crippen LogP contribution < -0.4 is 10.5 Å². The number of hydrogen-bond acceptors (Lipinski definition) is 5. The van der Waals surface area contributed by atoms with Crippen molar-refractivity contribution < 1.29 is 22.7 Å². The number of nitrogens with two attached hydrogens (primary N) is 1. The number of benzene rings is 2. The van der Waals surface area contributed by atoms with Gasteiger partial charge in [-0.05, 0) is 17.7 Å². The number of carbonyl (C=O) groups excluding carboxylic acids is 1. The van der Waals surface area contributed by atoms with E-state index in [1.165, 1.54) is 12.1 Å². The lowest BCUT2D eigenvalue weighted by molar-refractivity contribution is -0.133. The van der Waals surface area contributed by atoms with Crippen LogP contribution >= 0.6 is 0 Å². The van der Waals surface area contributed by atoms with Crippen molar-refractivity contribution in [3.63, 3.8) is 0 Å². The average molecular weight is 363 g/mol. The normalized spacial score (nSPS) is 13.5. The number of nitrogens with one attached hydrogen (secondary N) is 1. The van der Waals surface area contributed by atoms with Crippen LogP contribution in [0.5, 0.6) is 0 Å². The molecule has 25 heavy (non-hydrogen) atoms. The van der Waals surface area contributed by atoms with Gasteiger partial charge in [0.05, 0.1) is 11.8 Å². The maximum atomic E-state index is 14.4. The predicted molar refractivity (Wildman–Crippen MR) is 88.2 cm³/mol. The summed E-state index contributed by atoms with van der Waals surface area (Å²) in [6.45, 7) is 0. The van der Waals surface area contributed by atoms with Crippen molar-refractivity contribution in [3.05, 3.63) is 65.0 Å². The van der Waals surface area contributed by atoms with Crippen LogP contribution in [0.15, 0.2) is 42.5 Å². The van der Waals surface area contributed by atoms with Gasteiger partial charge in [0.2, 0.25) is 10.0 Å². The number of hydrogen-bond donors (Lipinski definition) is 3. The van der Waals surface area contributed by atoms with Crippen LogP contribution in [-0.4, -0.2) is 25.7 Å². The van der Waals surface area contributed by atoms with Crippen LogP contribution in [0, 0.1) is 17.1 Å². The van der Waals surface area contributed by atoms with Crippen LogP contribution in [0.3, 0.4) is 0 Å². The summed E-state index contributed by atoms with van der Waals surface area (Å²) >= 11 is 0. The average Bonchev–Trinajstić information content (AvgIpc) is 2.55. The predicted octanol–water partition coefficient (Wildman–Crippen LogP) is 0.790. The molecule has 2 rings (SSSR count). The summed E-state index contributed by atoms with van der Waals surface area (Å²) in [7, 11) is -3.84. The molecule has 0 aliphatic rings. The molecule has 0 bridgehead atoms. The Balaban J connectivity index is 2.72. The highest BCUT2D eigenvalue weighted by Crippen LogP contribution is 2.33. The molecular weight excluding hydrogens is 349 g/mol. The molecule has 0 aromatic heterocycles. The van der Waals surface area contributed by atoms with Gasteiger partial charge in [-0.15, -0.1) is 0 Å². The Labute approximate surface area is 143 Å². The molecule has 0 aliphatic heterocycles. The molecule has 2 aromatic rings. The number of anilines is 1. The van der Waals surface area contributed by atoms with Gasteiger partial charge in [0.15, 0.2) is 5.60 Å². The minimum atomic E-state index is -3.84. The lowest BCUT2D eigenvalue weighted by atomic mass is 9.84. The number of nitriles is 1. The van der Waals surface area contributed by atoms with E-state index in [1.807, 2.05) is 4.72 Å². The molecule has 7 nitrogen and oxygen atoms in total. The van der Waals surface area contributed by atoms with Gasteiger partial charge in [-0.25, -0.2) is 12.8 Å². The zero-order valence-electron chi connectivity index (χ0n) is 13.0. The first kappa shape index (κ1) is 18.4. The third kappa shape index (κ3) is 3.60. The van der Waals surface area contributed by atoms with Crippen molar-refractivity contribution in [2.75, 3.05) is 11.0 Å². The van der Waals surface area contributed by atoms with Crippen molar-refractivity contribution >= 4 is 21.6 Å². The van der Waals surface area contributed by atoms with E-state index < -0.39 is 38.6 Å². The lowest BCUT2D eigenvalue weighted by Gasteiger charge is -2.26. The van der Waals surface area contributed by atoms with Crippen LogP contribution in [0.25, 0.3) is 0 Å². The van der Waals surface area contributed by atoms with Crippen LogP contribution in [0.2, 0.25) is 0 Å². The minimum absolute atomic E-state index is 0.0783. The van der Waals surface area contributed by atoms with E-state index in [9.17, 15) is 28.0 Å². The summed E-state index contributed by atoms with van der Waals surface area (Å²) in [5, 5.41) is 20.0. The molecular formula is C16H14FN3O4S. The van der Waals surface area contributed by atoms with E-state index in [4.69, 9.17) is 5.73 Å². The summed E-state index contributed by atoms with van der Waals surface area (Å²) in [6, 6.07) is 11.0. The molecule has 0 saturated carbocycles. The Morgan fingerprint density at radius 2 is 1.88 bits per heavy atom. The fourth-order valence-electron chi connectivity index (χ4n) is 2.32. The number of sulfonamides is 1. The van der Waals surface area contributed by atoms with Crippen molar-refractivity contribution in [1.82, 2.24) is 0 Å². The standard InChI is InChI=1S/C16H14FN3O4S/c1-25(23,24)20-14-10(9-18)7-12(8-13(14)17)16(22,15(19)21)11-5-3-2-4-6-11/h2-8,20,22H,1H3,(H2,19,21). The first-order chi connectivity index (χ1) is 11.6. The number of amides is 1. The van der Waals surface area contributed by atoms with Crippen LogP contribution in [0.1, 0.15) is 16.7 Å². The number of aliphatic hydroxyl groups is 1. The molecule has 0 fully saturated rings. The fraction of sp³-hybridized carbons (Fsp3) is 0.125. The van der Waals surface area contributed by atoms with Crippen molar-refractivity contribution in [3.8, 4) is 6.07 Å². The molecule has 0 aliphatic carbocycles. The van der Waals surface area contributed by atoms with E-state index in [2.05, 4.69) is 0 Å². The summed E-state index contributed by atoms with van der Waals surface area (Å²) in [4.78, 5) is 11.9. The summed E-state index contributed by atoms with van der Waals surface area (Å²) in [5.41, 5.74) is 1.72. The number of carbonyl (C=O) groups is 1. The van der Waals surface area contributed by atoms with Gasteiger partial charge >= 0.3 is 0 Å². The van der Waals surface area contributed by atoms with Crippen molar-refractivity contribution in [2.24, 2.45) is 5.73 Å². The largest absolute Gasteiger partial charge is 0.372 e. The lowest BCUT2D eigenvalue weighted by Crippen LogP contribution is -2.42. The van der Waals surface area contributed by atoms with E-state index in [1.54, 1.807) is 24.3 Å². The second-order valence-corrected chi connectivity index (χ2v) is 7.06. The molecule has 1 atom stereocenters. The number of primary amides is 1. The molecule has 0 radical (unpaired) electrons. The SMILES string of the molecule is CS(=O)(=O)Nc1c(F)cc(C(O)(C(N)=O)c2ccccc2)cc1C#N. The second kappa shape index (κ2) is 6.51. The summed E-state index contributed by atoms with van der Waals surface area (Å²) < 4.78 is 38.9. The first-order valence-electron chi connectivity index (χ1n) is 6.89. The Hall–Kier alpha value is -2.96. The number of halogens is 1. The van der Waals surface area contributed by atoms with Gasteiger partial charge < -0.3 is 10.8 Å². The highest BCUT2D eigenvalue weighted by molar-refractivity contribution is 7.92. The van der Waals surface area contributed by atoms with Crippen LogP contribution in [0.4, 0.5) is 10.1 Å². The van der Waals surface area contributed by atoms with Gasteiger partial charge in [0, 0.05) is 5.56 Å². The molecule has 1 amide bonds. The third-order valence-corrected chi connectivity index (χ3v) is 4.04. The van der Waals surface area contributed by atoms with Gasteiger partial charge in [0.1, 0.15) is 17.6 Å². The zero-order chi connectivity index (χ0) is 18.8. The van der Waals surface area contributed by atoms with Gasteiger partial charge in [-0.1, -0.05) is 30.3 Å². The smallest absolute Gasteiger partial charge is 0.258 e. The van der Waals surface area contributed by atoms with E-state index in [-0.39, 0.29) is 11.1 Å². The molecule has 130 valence electrons. The highest BCUT2D eigenvalue weighted by atomic mass is 32.2. The molecule has 0 saturated heterocycles. The number of rotatable bonds is 5. The third-order valence-electron chi connectivity index (χ3n) is 3.46. The number of nitrogens with zero attached hydrogens (tertiary/aromatic N) is 1.